The second-order valence-electron chi connectivity index (χ2n) is 1.65. The molecule has 0 heterocycles. The molecule has 2 nitrogen and oxygen atoms in total. The average Bonchev–Trinajstić information content (AvgIpc) is 1.90. The van der Waals surface area contributed by atoms with E-state index in [0.29, 0.717) is 0 Å². The quantitative estimate of drug-likeness (QED) is 0.398. The number of rotatable bonds is 1. The first-order valence-electron chi connectivity index (χ1n) is 2.57. The Bertz CT molecular complexity index is 213. The molecule has 0 fully saturated rings. The fraction of sp³-hybridized carbons (Fsp3) is 0. The topological polar surface area (TPSA) is 40.1 Å². The number of carboxylic acids is 1. The van der Waals surface area contributed by atoms with Gasteiger partial charge in [0, 0.05) is 8.41 Å². The molecule has 0 aliphatic rings. The Morgan fingerprint density at radius 3 is 1.91 bits per heavy atom. The largest absolute Gasteiger partial charge is 1.00 e. The monoisotopic (exact) mass is 155 g/mol. The fourth-order valence-electron chi connectivity index (χ4n) is 0.574. The Labute approximate surface area is 89.5 Å². The van der Waals surface area contributed by atoms with Crippen LogP contribution in [0.15, 0.2) is 30.3 Å². The van der Waals surface area contributed by atoms with Gasteiger partial charge in [0.05, 0.1) is 5.97 Å². The van der Waals surface area contributed by atoms with Gasteiger partial charge in [-0.1, -0.05) is 30.3 Å². The molecule has 0 atom stereocenters. The zero-order valence-electron chi connectivity index (χ0n) is 6.28. The number of hydrogen-bond donors (Lipinski definition) is 0. The van der Waals surface area contributed by atoms with Gasteiger partial charge in [-0.25, -0.2) is 0 Å². The number of carboxylic acid groups (broad SMARTS) is 1. The number of aromatic carboxylic acids is 1. The van der Waals surface area contributed by atoms with E-state index < -0.39 is 5.97 Å². The third kappa shape index (κ3) is 4.25. The molecule has 1 rings (SSSR count). The first-order chi connectivity index (χ1) is 4.30. The van der Waals surface area contributed by atoms with Crippen LogP contribution < -0.4 is 34.7 Å². The summed E-state index contributed by atoms with van der Waals surface area (Å²) in [4.78, 5) is 10.1. The molecule has 4 heteroatoms. The van der Waals surface area contributed by atoms with Crippen molar-refractivity contribution in [2.24, 2.45) is 0 Å². The third-order valence-electron chi connectivity index (χ3n) is 1.01. The molecular formula is C7H5BNaO2. The molecule has 0 saturated heterocycles. The van der Waals surface area contributed by atoms with Crippen molar-refractivity contribution in [3.63, 3.8) is 0 Å². The van der Waals surface area contributed by atoms with E-state index in [0.717, 1.165) is 0 Å². The maximum atomic E-state index is 10.1. The van der Waals surface area contributed by atoms with Crippen LogP contribution in [-0.2, 0) is 0 Å². The molecule has 1 aromatic rings. The van der Waals surface area contributed by atoms with E-state index in [4.69, 9.17) is 0 Å². The Morgan fingerprint density at radius 2 is 1.64 bits per heavy atom. The molecule has 0 unspecified atom stereocenters. The molecule has 0 saturated carbocycles. The molecule has 0 bridgehead atoms. The Balaban J connectivity index is 0. The van der Waals surface area contributed by atoms with Gasteiger partial charge in [0.1, 0.15) is 0 Å². The second-order valence-corrected chi connectivity index (χ2v) is 1.65. The van der Waals surface area contributed by atoms with E-state index in [1.165, 1.54) is 12.1 Å². The third-order valence-corrected chi connectivity index (χ3v) is 1.01. The van der Waals surface area contributed by atoms with E-state index >= 15 is 0 Å². The molecule has 0 aromatic heterocycles. The molecule has 0 aliphatic heterocycles. The minimum atomic E-state index is -1.13. The molecule has 3 radical (unpaired) electrons. The molecule has 11 heavy (non-hydrogen) atoms. The van der Waals surface area contributed by atoms with Crippen LogP contribution in [0.4, 0.5) is 0 Å². The van der Waals surface area contributed by atoms with E-state index in [9.17, 15) is 9.90 Å². The van der Waals surface area contributed by atoms with Crippen molar-refractivity contribution in [2.75, 3.05) is 0 Å². The zero-order chi connectivity index (χ0) is 6.69. The van der Waals surface area contributed by atoms with Gasteiger partial charge >= 0.3 is 29.6 Å². The summed E-state index contributed by atoms with van der Waals surface area (Å²) in [6, 6.07) is 8.06. The van der Waals surface area contributed by atoms with Gasteiger partial charge in [-0.3, -0.25) is 0 Å². The molecule has 0 N–H and O–H groups in total. The van der Waals surface area contributed by atoms with E-state index in [1.54, 1.807) is 18.2 Å². The normalized spacial score (nSPS) is 7.27. The Hall–Kier alpha value is -0.245. The summed E-state index contributed by atoms with van der Waals surface area (Å²) in [5.74, 6) is -1.13. The van der Waals surface area contributed by atoms with Crippen molar-refractivity contribution >= 4 is 14.4 Å². The van der Waals surface area contributed by atoms with Gasteiger partial charge in [0.25, 0.3) is 0 Å². The summed E-state index contributed by atoms with van der Waals surface area (Å²) < 4.78 is 0. The minimum absolute atomic E-state index is 0. The van der Waals surface area contributed by atoms with Crippen molar-refractivity contribution < 1.29 is 39.5 Å². The van der Waals surface area contributed by atoms with Gasteiger partial charge in [0.15, 0.2) is 0 Å². The molecule has 1 aromatic carbocycles. The molecule has 49 valence electrons. The first kappa shape index (κ1) is 13.4. The van der Waals surface area contributed by atoms with Crippen LogP contribution in [0.2, 0.25) is 0 Å². The van der Waals surface area contributed by atoms with Gasteiger partial charge < -0.3 is 9.90 Å². The van der Waals surface area contributed by atoms with Crippen molar-refractivity contribution in [3.05, 3.63) is 35.9 Å². The van der Waals surface area contributed by atoms with Crippen LogP contribution in [0.1, 0.15) is 10.4 Å². The van der Waals surface area contributed by atoms with E-state index in [-0.39, 0.29) is 43.5 Å². The van der Waals surface area contributed by atoms with Crippen molar-refractivity contribution in [1.29, 1.82) is 0 Å². The average molecular weight is 155 g/mol. The predicted octanol–water partition coefficient (Wildman–Crippen LogP) is -3.33. The maximum absolute atomic E-state index is 10.1. The van der Waals surface area contributed by atoms with Crippen LogP contribution in [0, 0.1) is 0 Å². The number of hydrogen-bond acceptors (Lipinski definition) is 2. The molecule has 0 spiro atoms. The van der Waals surface area contributed by atoms with Crippen LogP contribution in [0.25, 0.3) is 0 Å². The summed E-state index contributed by atoms with van der Waals surface area (Å²) in [6.07, 6.45) is 0. The van der Waals surface area contributed by atoms with Gasteiger partial charge in [-0.2, -0.15) is 0 Å². The molecule has 0 amide bonds. The van der Waals surface area contributed by atoms with Crippen LogP contribution in [-0.4, -0.2) is 14.4 Å². The molecule has 0 aliphatic carbocycles. The van der Waals surface area contributed by atoms with Crippen LogP contribution in [0.5, 0.6) is 0 Å². The van der Waals surface area contributed by atoms with Gasteiger partial charge in [-0.05, 0) is 5.56 Å². The van der Waals surface area contributed by atoms with Crippen LogP contribution >= 0.6 is 0 Å². The van der Waals surface area contributed by atoms with E-state index in [1.807, 2.05) is 0 Å². The minimum Gasteiger partial charge on any atom is -0.545 e. The molecular weight excluding hydrogens is 150 g/mol. The fourth-order valence-corrected chi connectivity index (χ4v) is 0.574. The van der Waals surface area contributed by atoms with Gasteiger partial charge in [-0.15, -0.1) is 0 Å². The van der Waals surface area contributed by atoms with Crippen LogP contribution in [0.3, 0.4) is 0 Å². The second kappa shape index (κ2) is 6.46. The van der Waals surface area contributed by atoms with Crippen molar-refractivity contribution in [2.45, 2.75) is 0 Å². The van der Waals surface area contributed by atoms with E-state index in [2.05, 4.69) is 0 Å². The maximum Gasteiger partial charge on any atom is 1.00 e. The summed E-state index contributed by atoms with van der Waals surface area (Å²) in [6.45, 7) is 0. The number of benzene rings is 1. The van der Waals surface area contributed by atoms with Crippen molar-refractivity contribution in [1.82, 2.24) is 0 Å². The Morgan fingerprint density at radius 1 is 1.18 bits per heavy atom. The summed E-state index contributed by atoms with van der Waals surface area (Å²) in [5.41, 5.74) is 0.220. The first-order valence-corrected chi connectivity index (χ1v) is 2.57. The number of carbonyl (C=O) groups is 1. The SMILES string of the molecule is O=C([O-])c1ccccc1.[B].[Na+]. The smallest absolute Gasteiger partial charge is 0.545 e. The zero-order valence-corrected chi connectivity index (χ0v) is 8.28. The summed E-state index contributed by atoms with van der Waals surface area (Å²) in [7, 11) is 0. The summed E-state index contributed by atoms with van der Waals surface area (Å²) >= 11 is 0. The standard InChI is InChI=1S/C7H6O2.B.Na/c8-7(9)6-4-2-1-3-5-6;;/h1-5H,(H,8,9);;/q;;+1/p-1. The number of carbonyl (C=O) groups excluding carboxylic acids is 1. The summed E-state index contributed by atoms with van der Waals surface area (Å²) in [5, 5.41) is 10.1. The van der Waals surface area contributed by atoms with Gasteiger partial charge in [0.2, 0.25) is 0 Å². The van der Waals surface area contributed by atoms with Crippen molar-refractivity contribution in [3.8, 4) is 0 Å². The Kier molecular flexibility index (Phi) is 7.85. The predicted molar refractivity (Wildman–Crippen MR) is 36.5 cm³/mol.